The molecule has 2 aliphatic rings. The first-order valence-corrected chi connectivity index (χ1v) is 8.58. The molecule has 2 aliphatic heterocycles. The first kappa shape index (κ1) is 15.7. The molecule has 0 amide bonds. The van der Waals surface area contributed by atoms with Crippen molar-refractivity contribution in [2.24, 2.45) is 0 Å². The van der Waals surface area contributed by atoms with Gasteiger partial charge in [-0.2, -0.15) is 0 Å². The maximum atomic E-state index is 6.03. The molecule has 0 spiro atoms. The van der Waals surface area contributed by atoms with Crippen molar-refractivity contribution in [1.82, 2.24) is 19.5 Å². The van der Waals surface area contributed by atoms with Crippen LogP contribution in [-0.4, -0.2) is 44.1 Å². The lowest BCUT2D eigenvalue weighted by molar-refractivity contribution is -0.183. The quantitative estimate of drug-likeness (QED) is 0.775. The van der Waals surface area contributed by atoms with E-state index in [-0.39, 0.29) is 18.4 Å². The standard InChI is InChI=1S/C18H19N5O3/c1-18(2)25-12-8-24-17(14(12)26-18)23-10-21-13-15(19-9-20-16(13)23)22-11-6-4-3-5-7-11/h3-7,9-10,12,14,17H,8H2,1-2H3,(H,19,20,22)/t12-,14-,17-/m1/s1. The molecule has 0 bridgehead atoms. The molecule has 8 nitrogen and oxygen atoms in total. The van der Waals surface area contributed by atoms with Gasteiger partial charge in [0, 0.05) is 5.69 Å². The van der Waals surface area contributed by atoms with Crippen molar-refractivity contribution in [3.8, 4) is 0 Å². The largest absolute Gasteiger partial charge is 0.352 e. The third-order valence-electron chi connectivity index (χ3n) is 4.60. The van der Waals surface area contributed by atoms with Crippen LogP contribution >= 0.6 is 0 Å². The average molecular weight is 353 g/mol. The second-order valence-electron chi connectivity index (χ2n) is 6.90. The third-order valence-corrected chi connectivity index (χ3v) is 4.60. The predicted octanol–water partition coefficient (Wildman–Crippen LogP) is 2.62. The summed E-state index contributed by atoms with van der Waals surface area (Å²) in [6, 6.07) is 9.84. The fraction of sp³-hybridized carbons (Fsp3) is 0.389. The molecule has 2 saturated heterocycles. The number of ether oxygens (including phenoxy) is 3. The Hall–Kier alpha value is -2.55. The Labute approximate surface area is 150 Å². The van der Waals surface area contributed by atoms with Crippen LogP contribution in [0.25, 0.3) is 11.2 Å². The molecule has 4 heterocycles. The van der Waals surface area contributed by atoms with E-state index in [9.17, 15) is 0 Å². The van der Waals surface area contributed by atoms with Gasteiger partial charge in [0.2, 0.25) is 0 Å². The summed E-state index contributed by atoms with van der Waals surface area (Å²) in [7, 11) is 0. The highest BCUT2D eigenvalue weighted by molar-refractivity contribution is 5.85. The number of aromatic nitrogens is 4. The van der Waals surface area contributed by atoms with Gasteiger partial charge in [-0.1, -0.05) is 18.2 Å². The van der Waals surface area contributed by atoms with Crippen LogP contribution in [0.3, 0.4) is 0 Å². The van der Waals surface area contributed by atoms with Crippen LogP contribution in [0, 0.1) is 0 Å². The van der Waals surface area contributed by atoms with E-state index in [1.165, 1.54) is 6.33 Å². The van der Waals surface area contributed by atoms with Gasteiger partial charge in [0.15, 0.2) is 29.0 Å². The molecule has 8 heteroatoms. The van der Waals surface area contributed by atoms with E-state index >= 15 is 0 Å². The molecule has 0 radical (unpaired) electrons. The van der Waals surface area contributed by atoms with Crippen LogP contribution in [0.5, 0.6) is 0 Å². The summed E-state index contributed by atoms with van der Waals surface area (Å²) in [5, 5.41) is 3.29. The highest BCUT2D eigenvalue weighted by Gasteiger charge is 2.51. The number of benzene rings is 1. The summed E-state index contributed by atoms with van der Waals surface area (Å²) >= 11 is 0. The van der Waals surface area contributed by atoms with E-state index in [2.05, 4.69) is 20.3 Å². The summed E-state index contributed by atoms with van der Waals surface area (Å²) in [6.45, 7) is 4.32. The number of hydrogen-bond donors (Lipinski definition) is 1. The zero-order chi connectivity index (χ0) is 17.7. The van der Waals surface area contributed by atoms with Crippen LogP contribution < -0.4 is 5.32 Å². The number of imidazole rings is 1. The number of hydrogen-bond acceptors (Lipinski definition) is 7. The minimum atomic E-state index is -0.608. The molecule has 0 aliphatic carbocycles. The summed E-state index contributed by atoms with van der Waals surface area (Å²) in [5.41, 5.74) is 2.31. The Morgan fingerprint density at radius 1 is 1.12 bits per heavy atom. The zero-order valence-electron chi connectivity index (χ0n) is 14.5. The first-order chi connectivity index (χ1) is 12.6. The Morgan fingerprint density at radius 2 is 1.96 bits per heavy atom. The van der Waals surface area contributed by atoms with Gasteiger partial charge in [-0.15, -0.1) is 0 Å². The topological polar surface area (TPSA) is 83.3 Å². The molecule has 2 fully saturated rings. The Bertz CT molecular complexity index is 942. The second-order valence-corrected chi connectivity index (χ2v) is 6.90. The van der Waals surface area contributed by atoms with Crippen molar-refractivity contribution in [2.45, 2.75) is 38.1 Å². The van der Waals surface area contributed by atoms with Gasteiger partial charge in [0.05, 0.1) is 12.9 Å². The highest BCUT2D eigenvalue weighted by Crippen LogP contribution is 2.40. The lowest BCUT2D eigenvalue weighted by Gasteiger charge is -2.22. The highest BCUT2D eigenvalue weighted by atomic mass is 16.8. The van der Waals surface area contributed by atoms with E-state index < -0.39 is 5.79 Å². The van der Waals surface area contributed by atoms with E-state index in [4.69, 9.17) is 14.2 Å². The number of nitrogens with one attached hydrogen (secondary N) is 1. The summed E-state index contributed by atoms with van der Waals surface area (Å²) < 4.78 is 19.7. The Balaban J connectivity index is 1.50. The second kappa shape index (κ2) is 5.73. The van der Waals surface area contributed by atoms with E-state index in [0.717, 1.165) is 5.69 Å². The molecule has 2 aromatic heterocycles. The molecule has 3 atom stereocenters. The van der Waals surface area contributed by atoms with Gasteiger partial charge in [0.25, 0.3) is 0 Å². The molecule has 1 aromatic carbocycles. The minimum Gasteiger partial charge on any atom is -0.352 e. The van der Waals surface area contributed by atoms with Gasteiger partial charge >= 0.3 is 0 Å². The normalized spacial score (nSPS) is 26.9. The number of para-hydroxylation sites is 1. The smallest absolute Gasteiger partial charge is 0.167 e. The Morgan fingerprint density at radius 3 is 2.81 bits per heavy atom. The zero-order valence-corrected chi connectivity index (χ0v) is 14.5. The predicted molar refractivity (Wildman–Crippen MR) is 93.9 cm³/mol. The fourth-order valence-corrected chi connectivity index (χ4v) is 3.55. The summed E-state index contributed by atoms with van der Waals surface area (Å²) in [6.07, 6.45) is 2.64. The van der Waals surface area contributed by atoms with Crippen LogP contribution in [0.15, 0.2) is 43.0 Å². The number of rotatable bonds is 3. The van der Waals surface area contributed by atoms with Crippen molar-refractivity contribution in [1.29, 1.82) is 0 Å². The van der Waals surface area contributed by atoms with E-state index in [1.54, 1.807) is 6.33 Å². The number of anilines is 2. The molecule has 3 aromatic rings. The lowest BCUT2D eigenvalue weighted by Crippen LogP contribution is -2.27. The van der Waals surface area contributed by atoms with Crippen molar-refractivity contribution >= 4 is 22.7 Å². The molecular weight excluding hydrogens is 334 g/mol. The molecule has 0 unspecified atom stereocenters. The maximum absolute atomic E-state index is 6.03. The fourth-order valence-electron chi connectivity index (χ4n) is 3.55. The van der Waals surface area contributed by atoms with Gasteiger partial charge in [-0.05, 0) is 26.0 Å². The molecule has 5 rings (SSSR count). The maximum Gasteiger partial charge on any atom is 0.167 e. The summed E-state index contributed by atoms with van der Waals surface area (Å²) in [4.78, 5) is 13.3. The number of fused-ring (bicyclic) bond motifs is 2. The molecule has 0 saturated carbocycles. The number of nitrogens with zero attached hydrogens (tertiary/aromatic N) is 4. The van der Waals surface area contributed by atoms with Gasteiger partial charge in [-0.3, -0.25) is 4.57 Å². The first-order valence-electron chi connectivity index (χ1n) is 8.58. The minimum absolute atomic E-state index is 0.0869. The van der Waals surface area contributed by atoms with Crippen LogP contribution in [0.2, 0.25) is 0 Å². The van der Waals surface area contributed by atoms with Crippen LogP contribution in [-0.2, 0) is 14.2 Å². The molecule has 26 heavy (non-hydrogen) atoms. The molecular formula is C18H19N5O3. The van der Waals surface area contributed by atoms with E-state index in [1.807, 2.05) is 48.7 Å². The van der Waals surface area contributed by atoms with Crippen LogP contribution in [0.1, 0.15) is 20.1 Å². The van der Waals surface area contributed by atoms with Crippen LogP contribution in [0.4, 0.5) is 11.5 Å². The average Bonchev–Trinajstić information content (AvgIpc) is 3.28. The van der Waals surface area contributed by atoms with Crippen molar-refractivity contribution in [2.75, 3.05) is 11.9 Å². The van der Waals surface area contributed by atoms with Crippen molar-refractivity contribution in [3.63, 3.8) is 0 Å². The van der Waals surface area contributed by atoms with Crippen molar-refractivity contribution < 1.29 is 14.2 Å². The Kier molecular flexibility index (Phi) is 3.46. The monoisotopic (exact) mass is 353 g/mol. The summed E-state index contributed by atoms with van der Waals surface area (Å²) in [5.74, 6) is 0.0429. The SMILES string of the molecule is CC1(C)O[C@H]2[C@H](n3cnc4c(Nc5ccccc5)ncnc43)OC[C@H]2O1. The molecule has 134 valence electrons. The van der Waals surface area contributed by atoms with Crippen molar-refractivity contribution in [3.05, 3.63) is 43.0 Å². The molecule has 1 N–H and O–H groups in total. The van der Waals surface area contributed by atoms with Gasteiger partial charge in [-0.25, -0.2) is 15.0 Å². The van der Waals surface area contributed by atoms with Gasteiger partial charge in [0.1, 0.15) is 18.5 Å². The lowest BCUT2D eigenvalue weighted by atomic mass is 10.2. The van der Waals surface area contributed by atoms with E-state index in [0.29, 0.717) is 23.6 Å². The third kappa shape index (κ3) is 2.54. The van der Waals surface area contributed by atoms with Gasteiger partial charge < -0.3 is 19.5 Å².